The van der Waals surface area contributed by atoms with Crippen LogP contribution in [0.2, 0.25) is 0 Å². The van der Waals surface area contributed by atoms with E-state index in [9.17, 15) is 19.5 Å². The molecule has 1 saturated heterocycles. The quantitative estimate of drug-likeness (QED) is 0.333. The molecular formula is C26H42N4O4. The molecule has 1 fully saturated rings. The molecule has 5 N–H and O–H groups in total. The largest absolute Gasteiger partial charge is 0.507 e. The first-order valence-electron chi connectivity index (χ1n) is 11.8. The van der Waals surface area contributed by atoms with E-state index in [-0.39, 0.29) is 28.4 Å². The summed E-state index contributed by atoms with van der Waals surface area (Å²) in [7, 11) is 0. The Morgan fingerprint density at radius 3 is 1.71 bits per heavy atom. The topological polar surface area (TPSA) is 120 Å². The van der Waals surface area contributed by atoms with E-state index in [1.807, 2.05) is 41.5 Å². The normalized spacial score (nSPS) is 18.2. The molecule has 0 bridgehead atoms. The second-order valence-corrected chi connectivity index (χ2v) is 12.8. The van der Waals surface area contributed by atoms with Crippen molar-refractivity contribution >= 4 is 17.7 Å². The molecule has 3 amide bonds. The Balaban J connectivity index is 2.12. The third-order valence-electron chi connectivity index (χ3n) is 6.01. The lowest BCUT2D eigenvalue weighted by molar-refractivity contribution is -0.140. The van der Waals surface area contributed by atoms with Crippen LogP contribution in [0.1, 0.15) is 104 Å². The van der Waals surface area contributed by atoms with E-state index < -0.39 is 28.6 Å². The maximum atomic E-state index is 12.9. The summed E-state index contributed by atoms with van der Waals surface area (Å²) in [5.74, 6) is -2.14. The molecule has 0 aromatic heterocycles. The molecule has 0 spiro atoms. The van der Waals surface area contributed by atoms with Gasteiger partial charge in [0.25, 0.3) is 5.91 Å². The number of nitrogens with one attached hydrogen (secondary N) is 4. The molecule has 0 unspecified atom stereocenters. The van der Waals surface area contributed by atoms with E-state index in [4.69, 9.17) is 0 Å². The van der Waals surface area contributed by atoms with Crippen LogP contribution in [0.5, 0.6) is 5.75 Å². The van der Waals surface area contributed by atoms with Crippen molar-refractivity contribution in [2.75, 3.05) is 0 Å². The molecule has 0 saturated carbocycles. The molecule has 8 heteroatoms. The number of aromatic hydroxyl groups is 1. The number of phenols is 1. The second kappa shape index (κ2) is 9.21. The van der Waals surface area contributed by atoms with Crippen LogP contribution in [-0.2, 0) is 20.4 Å². The first kappa shape index (κ1) is 27.6. The van der Waals surface area contributed by atoms with Gasteiger partial charge in [-0.15, -0.1) is 0 Å². The maximum absolute atomic E-state index is 12.9. The van der Waals surface area contributed by atoms with Crippen LogP contribution in [-0.4, -0.2) is 39.9 Å². The lowest BCUT2D eigenvalue weighted by Gasteiger charge is -2.46. The van der Waals surface area contributed by atoms with Gasteiger partial charge in [-0.05, 0) is 63.5 Å². The number of benzene rings is 1. The number of amides is 3. The molecule has 190 valence electrons. The lowest BCUT2D eigenvalue weighted by atomic mass is 9.78. The minimum absolute atomic E-state index is 0.160. The van der Waals surface area contributed by atoms with Gasteiger partial charge in [0.1, 0.15) is 5.75 Å². The van der Waals surface area contributed by atoms with Crippen molar-refractivity contribution in [2.45, 2.75) is 110 Å². The SMILES string of the molecule is CC1(C)CC(NC(=O)C(=O)NNC(=O)c2cc(C(C)(C)C)c(O)c(C(C)(C)C)c2)CC(C)(C)N1. The Bertz CT molecular complexity index is 917. The van der Waals surface area contributed by atoms with Gasteiger partial charge < -0.3 is 15.7 Å². The van der Waals surface area contributed by atoms with E-state index in [2.05, 4.69) is 49.2 Å². The Labute approximate surface area is 203 Å². The second-order valence-electron chi connectivity index (χ2n) is 12.8. The van der Waals surface area contributed by atoms with Gasteiger partial charge in [-0.25, -0.2) is 0 Å². The highest BCUT2D eigenvalue weighted by molar-refractivity contribution is 6.35. The van der Waals surface area contributed by atoms with E-state index in [0.717, 1.165) is 0 Å². The fourth-order valence-electron chi connectivity index (χ4n) is 4.83. The number of hydrogen-bond donors (Lipinski definition) is 5. The van der Waals surface area contributed by atoms with Gasteiger partial charge in [0.15, 0.2) is 0 Å². The number of hydrazine groups is 1. The van der Waals surface area contributed by atoms with Crippen molar-refractivity contribution in [3.05, 3.63) is 28.8 Å². The third-order valence-corrected chi connectivity index (χ3v) is 6.01. The number of carbonyl (C=O) groups is 3. The number of carbonyl (C=O) groups excluding carboxylic acids is 3. The summed E-state index contributed by atoms with van der Waals surface area (Å²) >= 11 is 0. The van der Waals surface area contributed by atoms with Gasteiger partial charge in [-0.3, -0.25) is 25.2 Å². The standard InChI is InChI=1S/C26H42N4O4/c1-23(2,3)17-11-15(12-18(19(17)31)24(4,5)6)20(32)28-29-22(34)21(33)27-16-13-25(7,8)30-26(9,10)14-16/h11-12,16,30-31H,13-14H2,1-10H3,(H,27,33)(H,28,32)(H,29,34). The smallest absolute Gasteiger partial charge is 0.327 e. The minimum Gasteiger partial charge on any atom is -0.507 e. The molecule has 0 atom stereocenters. The Hall–Kier alpha value is -2.61. The zero-order chi connectivity index (χ0) is 26.3. The van der Waals surface area contributed by atoms with Crippen LogP contribution in [0.25, 0.3) is 0 Å². The van der Waals surface area contributed by atoms with Gasteiger partial charge in [0, 0.05) is 33.8 Å². The summed E-state index contributed by atoms with van der Waals surface area (Å²) in [5, 5.41) is 17.1. The number of hydrogen-bond acceptors (Lipinski definition) is 5. The molecule has 1 heterocycles. The van der Waals surface area contributed by atoms with Crippen molar-refractivity contribution < 1.29 is 19.5 Å². The average molecular weight is 475 g/mol. The predicted octanol–water partition coefficient (Wildman–Crippen LogP) is 3.17. The van der Waals surface area contributed by atoms with Crippen LogP contribution >= 0.6 is 0 Å². The molecular weight excluding hydrogens is 432 g/mol. The molecule has 1 aromatic carbocycles. The molecule has 1 aromatic rings. The summed E-state index contributed by atoms with van der Waals surface area (Å²) in [6.07, 6.45) is 1.36. The first-order chi connectivity index (χ1) is 15.2. The van der Waals surface area contributed by atoms with Gasteiger partial charge in [-0.2, -0.15) is 0 Å². The summed E-state index contributed by atoms with van der Waals surface area (Å²) < 4.78 is 0. The highest BCUT2D eigenvalue weighted by atomic mass is 16.3. The van der Waals surface area contributed by atoms with Crippen LogP contribution in [0.15, 0.2) is 12.1 Å². The van der Waals surface area contributed by atoms with Crippen molar-refractivity contribution in [1.29, 1.82) is 0 Å². The van der Waals surface area contributed by atoms with Gasteiger partial charge in [0.2, 0.25) is 0 Å². The van der Waals surface area contributed by atoms with E-state index in [1.54, 1.807) is 12.1 Å². The minimum atomic E-state index is -0.937. The molecule has 0 aliphatic carbocycles. The van der Waals surface area contributed by atoms with Crippen molar-refractivity contribution in [1.82, 2.24) is 21.5 Å². The molecule has 1 aliphatic rings. The van der Waals surface area contributed by atoms with Gasteiger partial charge >= 0.3 is 11.8 Å². The summed E-state index contributed by atoms with van der Waals surface area (Å²) in [4.78, 5) is 37.7. The molecule has 0 radical (unpaired) electrons. The van der Waals surface area contributed by atoms with Crippen LogP contribution in [0, 0.1) is 0 Å². The highest BCUT2D eigenvalue weighted by Gasteiger charge is 2.38. The highest BCUT2D eigenvalue weighted by Crippen LogP contribution is 2.39. The van der Waals surface area contributed by atoms with E-state index in [0.29, 0.717) is 24.0 Å². The Kier molecular flexibility index (Phi) is 7.48. The summed E-state index contributed by atoms with van der Waals surface area (Å²) in [6, 6.07) is 3.07. The third kappa shape index (κ3) is 6.95. The fourth-order valence-corrected chi connectivity index (χ4v) is 4.83. The van der Waals surface area contributed by atoms with Crippen molar-refractivity contribution in [2.24, 2.45) is 0 Å². The van der Waals surface area contributed by atoms with E-state index >= 15 is 0 Å². The van der Waals surface area contributed by atoms with Gasteiger partial charge in [0.05, 0.1) is 0 Å². The lowest BCUT2D eigenvalue weighted by Crippen LogP contribution is -2.63. The zero-order valence-corrected chi connectivity index (χ0v) is 22.3. The van der Waals surface area contributed by atoms with Crippen molar-refractivity contribution in [3.63, 3.8) is 0 Å². The van der Waals surface area contributed by atoms with Gasteiger partial charge in [-0.1, -0.05) is 41.5 Å². The maximum Gasteiger partial charge on any atom is 0.327 e. The number of piperidine rings is 1. The van der Waals surface area contributed by atoms with E-state index in [1.165, 1.54) is 0 Å². The number of rotatable bonds is 2. The van der Waals surface area contributed by atoms with Crippen LogP contribution in [0.3, 0.4) is 0 Å². The molecule has 1 aliphatic heterocycles. The molecule has 8 nitrogen and oxygen atoms in total. The summed E-state index contributed by atoms with van der Waals surface area (Å²) in [6.45, 7) is 19.9. The zero-order valence-electron chi connectivity index (χ0n) is 22.3. The van der Waals surface area contributed by atoms with Crippen LogP contribution < -0.4 is 21.5 Å². The molecule has 2 rings (SSSR count). The summed E-state index contributed by atoms with van der Waals surface area (Å²) in [5.41, 5.74) is 4.92. The first-order valence-corrected chi connectivity index (χ1v) is 11.8. The van der Waals surface area contributed by atoms with Crippen LogP contribution in [0.4, 0.5) is 0 Å². The monoisotopic (exact) mass is 474 g/mol. The average Bonchev–Trinajstić information content (AvgIpc) is 2.61. The predicted molar refractivity (Wildman–Crippen MR) is 134 cm³/mol. The molecule has 34 heavy (non-hydrogen) atoms. The fraction of sp³-hybridized carbons (Fsp3) is 0.654. The van der Waals surface area contributed by atoms with Crippen molar-refractivity contribution in [3.8, 4) is 5.75 Å². The Morgan fingerprint density at radius 1 is 0.853 bits per heavy atom. The Morgan fingerprint density at radius 2 is 1.29 bits per heavy atom. The number of phenolic OH excluding ortho intramolecular Hbond substituents is 1.